The predicted molar refractivity (Wildman–Crippen MR) is 108 cm³/mol. The lowest BCUT2D eigenvalue weighted by atomic mass is 10.1. The molecule has 0 aliphatic rings. The van der Waals surface area contributed by atoms with Gasteiger partial charge in [0.25, 0.3) is 5.91 Å². The van der Waals surface area contributed by atoms with Crippen molar-refractivity contribution in [3.63, 3.8) is 0 Å². The van der Waals surface area contributed by atoms with Gasteiger partial charge in [-0.2, -0.15) is 0 Å². The van der Waals surface area contributed by atoms with Crippen LogP contribution in [0.2, 0.25) is 0 Å². The molecule has 1 amide bonds. The number of likely N-dealkylation sites (N-methyl/N-ethyl adjacent to an activating group) is 1. The molecular formula is C22H30N2O3. The number of carbonyl (C=O) groups excluding carboxylic acids is 1. The highest BCUT2D eigenvalue weighted by Crippen LogP contribution is 2.11. The van der Waals surface area contributed by atoms with Crippen LogP contribution in [0.25, 0.3) is 0 Å². The van der Waals surface area contributed by atoms with Crippen molar-refractivity contribution in [3.8, 4) is 0 Å². The lowest BCUT2D eigenvalue weighted by molar-refractivity contribution is 0.0600. The number of aliphatic hydroxyl groups excluding tert-OH is 1. The Morgan fingerprint density at radius 2 is 1.81 bits per heavy atom. The number of methoxy groups -OCH3 is 1. The fourth-order valence-electron chi connectivity index (χ4n) is 2.84. The van der Waals surface area contributed by atoms with Gasteiger partial charge in [-0.05, 0) is 43.1 Å². The standard InChI is InChI=1S/C22H30N2O3/c1-17(27-3)16-24(2)22(26)20-11-9-18(10-12-20)13-14-23-15-21(25)19-7-5-4-6-8-19/h4-12,17,21,23,25H,13-16H2,1-3H3. The van der Waals surface area contributed by atoms with Crippen molar-refractivity contribution in [2.24, 2.45) is 0 Å². The van der Waals surface area contributed by atoms with Crippen molar-refractivity contribution in [2.75, 3.05) is 33.8 Å². The van der Waals surface area contributed by atoms with E-state index in [2.05, 4.69) is 5.32 Å². The lowest BCUT2D eigenvalue weighted by Crippen LogP contribution is -2.33. The van der Waals surface area contributed by atoms with Crippen molar-refractivity contribution in [3.05, 3.63) is 71.3 Å². The summed E-state index contributed by atoms with van der Waals surface area (Å²) in [6.45, 7) is 3.78. The first-order chi connectivity index (χ1) is 13.0. The summed E-state index contributed by atoms with van der Waals surface area (Å²) in [6, 6.07) is 17.3. The molecule has 0 bridgehead atoms. The molecule has 2 rings (SSSR count). The number of hydrogen-bond acceptors (Lipinski definition) is 4. The minimum Gasteiger partial charge on any atom is -0.387 e. The Labute approximate surface area is 162 Å². The molecule has 0 aromatic heterocycles. The van der Waals surface area contributed by atoms with E-state index in [0.29, 0.717) is 18.7 Å². The van der Waals surface area contributed by atoms with E-state index in [1.54, 1.807) is 19.1 Å². The Morgan fingerprint density at radius 3 is 2.44 bits per heavy atom. The van der Waals surface area contributed by atoms with Gasteiger partial charge in [-0.1, -0.05) is 42.5 Å². The fraction of sp³-hybridized carbons (Fsp3) is 0.409. The molecule has 0 spiro atoms. The van der Waals surface area contributed by atoms with E-state index < -0.39 is 6.10 Å². The van der Waals surface area contributed by atoms with E-state index in [0.717, 1.165) is 24.1 Å². The zero-order valence-corrected chi connectivity index (χ0v) is 16.4. The van der Waals surface area contributed by atoms with Gasteiger partial charge in [0.05, 0.1) is 12.2 Å². The van der Waals surface area contributed by atoms with Crippen LogP contribution in [0, 0.1) is 0 Å². The summed E-state index contributed by atoms with van der Waals surface area (Å²) in [6.07, 6.45) is 0.346. The summed E-state index contributed by atoms with van der Waals surface area (Å²) in [5.41, 5.74) is 2.75. The van der Waals surface area contributed by atoms with Gasteiger partial charge in [-0.15, -0.1) is 0 Å². The molecule has 27 heavy (non-hydrogen) atoms. The van der Waals surface area contributed by atoms with Crippen molar-refractivity contribution in [2.45, 2.75) is 25.6 Å². The number of aliphatic hydroxyl groups is 1. The highest BCUT2D eigenvalue weighted by Gasteiger charge is 2.14. The molecular weight excluding hydrogens is 340 g/mol. The maximum Gasteiger partial charge on any atom is 0.253 e. The fourth-order valence-corrected chi connectivity index (χ4v) is 2.84. The topological polar surface area (TPSA) is 61.8 Å². The Balaban J connectivity index is 1.76. The van der Waals surface area contributed by atoms with Crippen molar-refractivity contribution < 1.29 is 14.6 Å². The zero-order chi connectivity index (χ0) is 19.6. The average Bonchev–Trinajstić information content (AvgIpc) is 2.71. The molecule has 0 saturated carbocycles. The average molecular weight is 370 g/mol. The molecule has 2 aromatic carbocycles. The van der Waals surface area contributed by atoms with Gasteiger partial charge in [0, 0.05) is 32.8 Å². The van der Waals surface area contributed by atoms with Crippen LogP contribution in [0.3, 0.4) is 0 Å². The number of amides is 1. The molecule has 2 N–H and O–H groups in total. The van der Waals surface area contributed by atoms with Gasteiger partial charge in [0.2, 0.25) is 0 Å². The minimum atomic E-state index is -0.503. The van der Waals surface area contributed by atoms with Crippen LogP contribution in [0.4, 0.5) is 0 Å². The summed E-state index contributed by atoms with van der Waals surface area (Å²) in [5, 5.41) is 13.4. The van der Waals surface area contributed by atoms with E-state index in [9.17, 15) is 9.90 Å². The number of nitrogens with zero attached hydrogens (tertiary/aromatic N) is 1. The zero-order valence-electron chi connectivity index (χ0n) is 16.4. The number of carbonyl (C=O) groups is 1. The smallest absolute Gasteiger partial charge is 0.253 e. The molecule has 146 valence electrons. The Morgan fingerprint density at radius 1 is 1.15 bits per heavy atom. The second-order valence-corrected chi connectivity index (χ2v) is 6.81. The van der Waals surface area contributed by atoms with E-state index in [1.165, 1.54) is 0 Å². The molecule has 0 fully saturated rings. The summed E-state index contributed by atoms with van der Waals surface area (Å²) in [5.74, 6) is -0.00504. The van der Waals surface area contributed by atoms with Crippen LogP contribution in [0.1, 0.15) is 34.5 Å². The first kappa shape index (κ1) is 21.1. The molecule has 0 aliphatic carbocycles. The highest BCUT2D eigenvalue weighted by atomic mass is 16.5. The third-order valence-corrected chi connectivity index (χ3v) is 4.59. The van der Waals surface area contributed by atoms with Crippen LogP contribution in [-0.4, -0.2) is 55.8 Å². The van der Waals surface area contributed by atoms with Crippen LogP contribution in [0.15, 0.2) is 54.6 Å². The monoisotopic (exact) mass is 370 g/mol. The number of benzene rings is 2. The summed E-state index contributed by atoms with van der Waals surface area (Å²) in [7, 11) is 3.43. The normalized spacial score (nSPS) is 13.2. The maximum atomic E-state index is 12.4. The van der Waals surface area contributed by atoms with Gasteiger partial charge in [0.1, 0.15) is 0 Å². The lowest BCUT2D eigenvalue weighted by Gasteiger charge is -2.20. The Bertz CT molecular complexity index is 688. The molecule has 2 unspecified atom stereocenters. The minimum absolute atomic E-state index is 0.00504. The third-order valence-electron chi connectivity index (χ3n) is 4.59. The van der Waals surface area contributed by atoms with Gasteiger partial charge in [0.15, 0.2) is 0 Å². The van der Waals surface area contributed by atoms with Crippen LogP contribution in [-0.2, 0) is 11.2 Å². The second kappa shape index (κ2) is 10.8. The van der Waals surface area contributed by atoms with Gasteiger partial charge in [-0.3, -0.25) is 4.79 Å². The maximum absolute atomic E-state index is 12.4. The predicted octanol–water partition coefficient (Wildman–Crippen LogP) is 2.66. The third kappa shape index (κ3) is 6.79. The Kier molecular flexibility index (Phi) is 8.45. The molecule has 2 aromatic rings. The molecule has 0 radical (unpaired) electrons. The number of ether oxygens (including phenoxy) is 1. The summed E-state index contributed by atoms with van der Waals surface area (Å²) in [4.78, 5) is 14.1. The van der Waals surface area contributed by atoms with E-state index in [4.69, 9.17) is 4.74 Å². The Hall–Kier alpha value is -2.21. The van der Waals surface area contributed by atoms with Gasteiger partial charge in [-0.25, -0.2) is 0 Å². The van der Waals surface area contributed by atoms with Crippen LogP contribution < -0.4 is 5.32 Å². The largest absolute Gasteiger partial charge is 0.387 e. The molecule has 5 heteroatoms. The quantitative estimate of drug-likeness (QED) is 0.631. The molecule has 0 aliphatic heterocycles. The van der Waals surface area contributed by atoms with E-state index in [-0.39, 0.29) is 12.0 Å². The number of nitrogens with one attached hydrogen (secondary N) is 1. The molecule has 0 saturated heterocycles. The van der Waals surface area contributed by atoms with Crippen molar-refractivity contribution >= 4 is 5.91 Å². The summed E-state index contributed by atoms with van der Waals surface area (Å²) < 4.78 is 5.21. The molecule has 0 heterocycles. The van der Waals surface area contributed by atoms with Crippen molar-refractivity contribution in [1.82, 2.24) is 10.2 Å². The first-order valence-electron chi connectivity index (χ1n) is 9.32. The summed E-state index contributed by atoms with van der Waals surface area (Å²) >= 11 is 0. The van der Waals surface area contributed by atoms with Crippen LogP contribution >= 0.6 is 0 Å². The van der Waals surface area contributed by atoms with E-state index >= 15 is 0 Å². The van der Waals surface area contributed by atoms with Gasteiger partial charge < -0.3 is 20.1 Å². The molecule has 5 nitrogen and oxygen atoms in total. The van der Waals surface area contributed by atoms with E-state index in [1.807, 2.05) is 61.5 Å². The van der Waals surface area contributed by atoms with Crippen LogP contribution in [0.5, 0.6) is 0 Å². The number of rotatable bonds is 10. The highest BCUT2D eigenvalue weighted by molar-refractivity contribution is 5.94. The SMILES string of the molecule is COC(C)CN(C)C(=O)c1ccc(CCNCC(O)c2ccccc2)cc1. The van der Waals surface area contributed by atoms with Crippen molar-refractivity contribution in [1.29, 1.82) is 0 Å². The number of hydrogen-bond donors (Lipinski definition) is 2. The second-order valence-electron chi connectivity index (χ2n) is 6.81. The first-order valence-corrected chi connectivity index (χ1v) is 9.32. The molecule has 2 atom stereocenters. The van der Waals surface area contributed by atoms with Gasteiger partial charge >= 0.3 is 0 Å².